The minimum Gasteiger partial charge on any atom is -0.476 e. The Bertz CT molecular complexity index is 801. The average molecular weight is 383 g/mol. The van der Waals surface area contributed by atoms with Crippen LogP contribution in [-0.4, -0.2) is 29.0 Å². The molecular weight excluding hydrogens is 375 g/mol. The van der Waals surface area contributed by atoms with Gasteiger partial charge < -0.3 is 5.11 Å². The van der Waals surface area contributed by atoms with Crippen molar-refractivity contribution in [1.29, 1.82) is 0 Å². The highest BCUT2D eigenvalue weighted by Crippen LogP contribution is 2.30. The van der Waals surface area contributed by atoms with E-state index >= 15 is 0 Å². The van der Waals surface area contributed by atoms with E-state index in [-0.39, 0.29) is 33.0 Å². The van der Waals surface area contributed by atoms with Gasteiger partial charge in [-0.25, -0.2) is 14.1 Å². The summed E-state index contributed by atoms with van der Waals surface area (Å²) in [4.78, 5) is 14.5. The second-order valence-electron chi connectivity index (χ2n) is 4.01. The van der Waals surface area contributed by atoms with Crippen LogP contribution in [0.5, 0.6) is 0 Å². The number of carbonyl (C=O) groups is 1. The molecule has 0 amide bonds. The number of aromatic nitrogens is 1. The zero-order valence-corrected chi connectivity index (χ0v) is 13.7. The van der Waals surface area contributed by atoms with Crippen LogP contribution >= 0.6 is 34.5 Å². The van der Waals surface area contributed by atoms with E-state index in [1.54, 1.807) is 6.07 Å². The minimum atomic E-state index is -4.69. The fourth-order valence-electron chi connectivity index (χ4n) is 1.55. The Labute approximate surface area is 139 Å². The van der Waals surface area contributed by atoms with E-state index in [2.05, 4.69) is 4.98 Å². The van der Waals surface area contributed by atoms with Gasteiger partial charge in [-0.15, -0.1) is 11.3 Å². The number of anilines is 1. The molecule has 0 saturated heterocycles. The molecule has 2 aromatic rings. The molecule has 2 rings (SSSR count). The number of hydrogen-bond donors (Lipinski definition) is 2. The highest BCUT2D eigenvalue weighted by Gasteiger charge is 2.26. The standard InChI is InChI=1S/C11H8Cl2N2O5S2/c12-7-2-1-3-8(13)6(7)4-15(22(18,19)20)11-14-9(5-21-11)10(16)17/h1-3,5H,4H2,(H,16,17)(H,18,19,20). The Morgan fingerprint density at radius 2 is 1.91 bits per heavy atom. The van der Waals surface area contributed by atoms with Gasteiger partial charge >= 0.3 is 16.3 Å². The largest absolute Gasteiger partial charge is 0.476 e. The maximum absolute atomic E-state index is 11.6. The molecular formula is C11H8Cl2N2O5S2. The molecule has 118 valence electrons. The van der Waals surface area contributed by atoms with Crippen LogP contribution in [0, 0.1) is 0 Å². The molecule has 0 aliphatic carbocycles. The molecule has 0 atom stereocenters. The van der Waals surface area contributed by atoms with Crippen LogP contribution in [0.25, 0.3) is 0 Å². The maximum Gasteiger partial charge on any atom is 0.362 e. The molecule has 0 bridgehead atoms. The quantitative estimate of drug-likeness (QED) is 0.769. The van der Waals surface area contributed by atoms with Crippen LogP contribution < -0.4 is 4.31 Å². The topological polar surface area (TPSA) is 108 Å². The van der Waals surface area contributed by atoms with Crippen molar-refractivity contribution >= 4 is 55.9 Å². The van der Waals surface area contributed by atoms with Gasteiger partial charge in [-0.1, -0.05) is 29.3 Å². The predicted octanol–water partition coefficient (Wildman–Crippen LogP) is 2.96. The van der Waals surface area contributed by atoms with Crippen molar-refractivity contribution in [3.05, 3.63) is 44.9 Å². The highest BCUT2D eigenvalue weighted by molar-refractivity contribution is 7.87. The van der Waals surface area contributed by atoms with E-state index in [1.165, 1.54) is 12.1 Å². The molecule has 0 aliphatic heterocycles. The lowest BCUT2D eigenvalue weighted by atomic mass is 10.2. The SMILES string of the molecule is O=C(O)c1csc(N(Cc2c(Cl)cccc2Cl)S(=O)(=O)O)n1. The maximum atomic E-state index is 11.6. The summed E-state index contributed by atoms with van der Waals surface area (Å²) < 4.78 is 33.0. The minimum absolute atomic E-state index is 0.205. The third-order valence-electron chi connectivity index (χ3n) is 2.57. The molecule has 0 aliphatic rings. The van der Waals surface area contributed by atoms with Gasteiger partial charge in [0.25, 0.3) is 0 Å². The molecule has 22 heavy (non-hydrogen) atoms. The van der Waals surface area contributed by atoms with Gasteiger partial charge in [0.05, 0.1) is 6.54 Å². The number of carboxylic acid groups (broad SMARTS) is 1. The third-order valence-corrected chi connectivity index (χ3v) is 5.11. The summed E-state index contributed by atoms with van der Waals surface area (Å²) in [5.41, 5.74) is -0.0746. The zero-order valence-electron chi connectivity index (χ0n) is 10.6. The van der Waals surface area contributed by atoms with Gasteiger partial charge in [0, 0.05) is 21.0 Å². The van der Waals surface area contributed by atoms with Crippen molar-refractivity contribution in [2.24, 2.45) is 0 Å². The Balaban J connectivity index is 2.46. The molecule has 0 saturated carbocycles. The number of nitrogens with zero attached hydrogens (tertiary/aromatic N) is 2. The second kappa shape index (κ2) is 6.39. The van der Waals surface area contributed by atoms with Gasteiger partial charge in [-0.2, -0.15) is 8.42 Å². The highest BCUT2D eigenvalue weighted by atomic mass is 35.5. The molecule has 1 aromatic carbocycles. The van der Waals surface area contributed by atoms with Crippen LogP contribution in [-0.2, 0) is 16.8 Å². The average Bonchev–Trinajstić information content (AvgIpc) is 2.86. The van der Waals surface area contributed by atoms with Gasteiger partial charge in [0.2, 0.25) is 5.13 Å². The number of aromatic carboxylic acids is 1. The monoisotopic (exact) mass is 382 g/mol. The predicted molar refractivity (Wildman–Crippen MR) is 83.3 cm³/mol. The lowest BCUT2D eigenvalue weighted by Gasteiger charge is -2.19. The van der Waals surface area contributed by atoms with E-state index in [0.29, 0.717) is 4.31 Å². The summed E-state index contributed by atoms with van der Waals surface area (Å²) in [6.45, 7) is -0.385. The van der Waals surface area contributed by atoms with Crippen molar-refractivity contribution in [2.45, 2.75) is 6.54 Å². The van der Waals surface area contributed by atoms with Crippen molar-refractivity contribution < 1.29 is 22.9 Å². The molecule has 2 N–H and O–H groups in total. The first-order valence-electron chi connectivity index (χ1n) is 5.57. The Morgan fingerprint density at radius 1 is 1.32 bits per heavy atom. The fraction of sp³-hybridized carbons (Fsp3) is 0.0909. The van der Waals surface area contributed by atoms with Gasteiger partial charge in [0.1, 0.15) is 0 Å². The van der Waals surface area contributed by atoms with E-state index in [0.717, 1.165) is 16.7 Å². The number of thiazole rings is 1. The molecule has 0 fully saturated rings. The molecule has 1 aromatic heterocycles. The van der Waals surface area contributed by atoms with E-state index in [1.807, 2.05) is 0 Å². The van der Waals surface area contributed by atoms with E-state index in [9.17, 15) is 17.8 Å². The Morgan fingerprint density at radius 3 is 2.36 bits per heavy atom. The lowest BCUT2D eigenvalue weighted by Crippen LogP contribution is -2.30. The van der Waals surface area contributed by atoms with Crippen LogP contribution in [0.3, 0.4) is 0 Å². The van der Waals surface area contributed by atoms with Crippen LogP contribution in [0.2, 0.25) is 10.0 Å². The Hall–Kier alpha value is -1.39. The summed E-state index contributed by atoms with van der Waals surface area (Å²) in [5, 5.41) is 10.2. The van der Waals surface area contributed by atoms with E-state index in [4.69, 9.17) is 28.3 Å². The van der Waals surface area contributed by atoms with Crippen molar-refractivity contribution in [3.63, 3.8) is 0 Å². The fourth-order valence-corrected chi connectivity index (χ4v) is 3.71. The van der Waals surface area contributed by atoms with Crippen molar-refractivity contribution in [1.82, 2.24) is 4.98 Å². The van der Waals surface area contributed by atoms with Crippen molar-refractivity contribution in [2.75, 3.05) is 4.31 Å². The summed E-state index contributed by atoms with van der Waals surface area (Å²) in [7, 11) is -4.69. The van der Waals surface area contributed by atoms with Gasteiger partial charge in [0.15, 0.2) is 5.69 Å². The van der Waals surface area contributed by atoms with E-state index < -0.39 is 16.3 Å². The number of hydrogen-bond acceptors (Lipinski definition) is 5. The normalized spacial score (nSPS) is 11.4. The number of carboxylic acids is 1. The Kier molecular flexibility index (Phi) is 4.93. The smallest absolute Gasteiger partial charge is 0.362 e. The summed E-state index contributed by atoms with van der Waals surface area (Å²) >= 11 is 12.7. The molecule has 7 nitrogen and oxygen atoms in total. The molecule has 0 radical (unpaired) electrons. The summed E-state index contributed by atoms with van der Waals surface area (Å²) in [5.74, 6) is -1.31. The van der Waals surface area contributed by atoms with Crippen LogP contribution in [0.15, 0.2) is 23.6 Å². The summed E-state index contributed by atoms with van der Waals surface area (Å²) in [6.07, 6.45) is 0. The van der Waals surface area contributed by atoms with Crippen LogP contribution in [0.1, 0.15) is 16.1 Å². The first-order chi connectivity index (χ1) is 10.2. The number of benzene rings is 1. The van der Waals surface area contributed by atoms with Gasteiger partial charge in [-0.3, -0.25) is 4.55 Å². The third kappa shape index (κ3) is 3.68. The van der Waals surface area contributed by atoms with Crippen molar-refractivity contribution in [3.8, 4) is 0 Å². The molecule has 11 heteroatoms. The zero-order chi connectivity index (χ0) is 16.5. The van der Waals surface area contributed by atoms with Crippen LogP contribution in [0.4, 0.5) is 5.13 Å². The molecule has 1 heterocycles. The first kappa shape index (κ1) is 17.0. The second-order valence-corrected chi connectivity index (χ2v) is 6.99. The number of rotatable bonds is 5. The first-order valence-corrected chi connectivity index (χ1v) is 8.60. The molecule has 0 unspecified atom stereocenters. The molecule has 0 spiro atoms. The van der Waals surface area contributed by atoms with Gasteiger partial charge in [-0.05, 0) is 12.1 Å². The number of halogens is 2. The summed E-state index contributed by atoms with van der Waals surface area (Å²) in [6, 6.07) is 4.60. The lowest BCUT2D eigenvalue weighted by molar-refractivity contribution is 0.0691.